The third-order valence-electron chi connectivity index (χ3n) is 6.61. The van der Waals surface area contributed by atoms with E-state index in [0.717, 1.165) is 24.8 Å². The van der Waals surface area contributed by atoms with E-state index in [-0.39, 0.29) is 30.3 Å². The van der Waals surface area contributed by atoms with Crippen LogP contribution in [-0.2, 0) is 23.9 Å². The van der Waals surface area contributed by atoms with Crippen LogP contribution in [0.15, 0.2) is 30.3 Å². The van der Waals surface area contributed by atoms with Crippen molar-refractivity contribution in [1.82, 2.24) is 4.90 Å². The van der Waals surface area contributed by atoms with Gasteiger partial charge < -0.3 is 14.4 Å². The maximum absolute atomic E-state index is 13.9. The number of benzene rings is 1. The molecule has 1 heterocycles. The van der Waals surface area contributed by atoms with Crippen LogP contribution < -0.4 is 0 Å². The number of carbonyl (C=O) groups is 3. The molecule has 1 saturated carbocycles. The van der Waals surface area contributed by atoms with Crippen molar-refractivity contribution < 1.29 is 23.9 Å². The van der Waals surface area contributed by atoms with Gasteiger partial charge in [0.05, 0.1) is 18.6 Å². The zero-order chi connectivity index (χ0) is 22.8. The molecule has 1 aliphatic heterocycles. The van der Waals surface area contributed by atoms with Crippen LogP contribution in [-0.4, -0.2) is 48.4 Å². The second-order valence-corrected chi connectivity index (χ2v) is 9.72. The molecule has 5 atom stereocenters. The molecule has 2 aliphatic rings. The van der Waals surface area contributed by atoms with Crippen molar-refractivity contribution in [3.05, 3.63) is 35.9 Å². The highest BCUT2D eigenvalue weighted by Crippen LogP contribution is 2.47. The number of ketones is 1. The lowest BCUT2D eigenvalue weighted by Gasteiger charge is -2.36. The molecule has 31 heavy (non-hydrogen) atoms. The van der Waals surface area contributed by atoms with Crippen LogP contribution in [0.3, 0.4) is 0 Å². The van der Waals surface area contributed by atoms with E-state index in [1.54, 1.807) is 18.9 Å². The van der Waals surface area contributed by atoms with Crippen molar-refractivity contribution in [2.24, 2.45) is 17.3 Å². The van der Waals surface area contributed by atoms with Gasteiger partial charge in [-0.2, -0.15) is 0 Å². The Morgan fingerprint density at radius 3 is 2.39 bits per heavy atom. The largest absolute Gasteiger partial charge is 0.464 e. The van der Waals surface area contributed by atoms with Gasteiger partial charge in [-0.3, -0.25) is 9.59 Å². The second kappa shape index (κ2) is 9.51. The first kappa shape index (κ1) is 23.5. The van der Waals surface area contributed by atoms with Gasteiger partial charge >= 0.3 is 5.97 Å². The second-order valence-electron chi connectivity index (χ2n) is 9.72. The molecule has 3 rings (SSSR count). The Labute approximate surface area is 185 Å². The first-order valence-corrected chi connectivity index (χ1v) is 11.3. The number of rotatable bonds is 5. The highest BCUT2D eigenvalue weighted by molar-refractivity contribution is 6.02. The van der Waals surface area contributed by atoms with Crippen molar-refractivity contribution in [1.29, 1.82) is 0 Å². The summed E-state index contributed by atoms with van der Waals surface area (Å²) in [6.45, 7) is 7.78. The van der Waals surface area contributed by atoms with E-state index in [9.17, 15) is 14.4 Å². The first-order chi connectivity index (χ1) is 14.7. The third kappa shape index (κ3) is 4.69. The molecule has 6 nitrogen and oxygen atoms in total. The number of methoxy groups -OCH3 is 1. The average Bonchev–Trinajstić information content (AvgIpc) is 3.07. The number of ether oxygens (including phenoxy) is 2. The molecule has 1 aliphatic carbocycles. The Hall–Kier alpha value is -2.21. The van der Waals surface area contributed by atoms with Crippen molar-refractivity contribution in [2.75, 3.05) is 13.7 Å². The molecule has 6 heteroatoms. The van der Waals surface area contributed by atoms with Gasteiger partial charge in [0.15, 0.2) is 5.78 Å². The lowest BCUT2D eigenvalue weighted by Crippen LogP contribution is -2.50. The zero-order valence-corrected chi connectivity index (χ0v) is 19.3. The molecular weight excluding hydrogens is 394 g/mol. The maximum atomic E-state index is 13.9. The van der Waals surface area contributed by atoms with Crippen molar-refractivity contribution >= 4 is 17.7 Å². The monoisotopic (exact) mass is 429 g/mol. The fourth-order valence-corrected chi connectivity index (χ4v) is 5.18. The molecule has 0 spiro atoms. The van der Waals surface area contributed by atoms with Gasteiger partial charge in [-0.1, -0.05) is 57.5 Å². The molecule has 2 fully saturated rings. The summed E-state index contributed by atoms with van der Waals surface area (Å²) in [6.07, 6.45) is 3.18. The van der Waals surface area contributed by atoms with Gasteiger partial charge in [0.2, 0.25) is 5.91 Å². The van der Waals surface area contributed by atoms with Gasteiger partial charge in [-0.05, 0) is 37.2 Å². The number of amides is 1. The number of esters is 1. The van der Waals surface area contributed by atoms with Gasteiger partial charge in [0.1, 0.15) is 12.1 Å². The molecule has 0 N–H and O–H groups in total. The topological polar surface area (TPSA) is 72.9 Å². The number of hydrogen-bond acceptors (Lipinski definition) is 5. The molecular formula is C25H35NO5. The van der Waals surface area contributed by atoms with E-state index in [2.05, 4.69) is 0 Å². The molecule has 170 valence electrons. The Morgan fingerprint density at radius 2 is 1.81 bits per heavy atom. The van der Waals surface area contributed by atoms with E-state index >= 15 is 0 Å². The van der Waals surface area contributed by atoms with Gasteiger partial charge in [-0.25, -0.2) is 4.79 Å². The SMILES string of the molecule is CCOC(=O)[C@@H]1[C@@H](C(C)(C)C)C(=O)[C@H](c2ccccc2)N1C(=O)[C@@H]1CCC[C@@H](OC)C1. The Bertz CT molecular complexity index is 800. The molecule has 0 bridgehead atoms. The summed E-state index contributed by atoms with van der Waals surface area (Å²) in [5.41, 5.74) is 0.235. The number of carbonyl (C=O) groups excluding carboxylic acids is 3. The summed E-state index contributed by atoms with van der Waals surface area (Å²) >= 11 is 0. The quantitative estimate of drug-likeness (QED) is 0.663. The molecule has 0 aromatic heterocycles. The normalized spacial score (nSPS) is 29.1. The molecule has 0 unspecified atom stereocenters. The summed E-state index contributed by atoms with van der Waals surface area (Å²) in [5, 5.41) is 0. The molecule has 0 radical (unpaired) electrons. The summed E-state index contributed by atoms with van der Waals surface area (Å²) in [4.78, 5) is 42.4. The zero-order valence-electron chi connectivity index (χ0n) is 19.3. The van der Waals surface area contributed by atoms with E-state index in [0.29, 0.717) is 6.42 Å². The minimum absolute atomic E-state index is 0.0237. The molecule has 1 aromatic rings. The van der Waals surface area contributed by atoms with E-state index in [1.807, 2.05) is 51.1 Å². The minimum Gasteiger partial charge on any atom is -0.464 e. The highest BCUT2D eigenvalue weighted by Gasteiger charge is 2.58. The lowest BCUT2D eigenvalue weighted by atomic mass is 9.74. The Balaban J connectivity index is 2.08. The maximum Gasteiger partial charge on any atom is 0.329 e. The number of likely N-dealkylation sites (tertiary alicyclic amines) is 1. The first-order valence-electron chi connectivity index (χ1n) is 11.3. The third-order valence-corrected chi connectivity index (χ3v) is 6.61. The summed E-state index contributed by atoms with van der Waals surface area (Å²) in [7, 11) is 1.67. The van der Waals surface area contributed by atoms with E-state index < -0.39 is 29.4 Å². The van der Waals surface area contributed by atoms with E-state index in [4.69, 9.17) is 9.47 Å². The summed E-state index contributed by atoms with van der Waals surface area (Å²) in [6, 6.07) is 7.60. The predicted molar refractivity (Wildman–Crippen MR) is 117 cm³/mol. The molecule has 1 aromatic carbocycles. The number of Topliss-reactive ketones (excluding diaryl/α,β-unsaturated/α-hetero) is 1. The van der Waals surface area contributed by atoms with E-state index in [1.165, 1.54) is 0 Å². The Morgan fingerprint density at radius 1 is 1.13 bits per heavy atom. The van der Waals surface area contributed by atoms with Crippen LogP contribution >= 0.6 is 0 Å². The van der Waals surface area contributed by atoms with Crippen LogP contribution in [0.4, 0.5) is 0 Å². The average molecular weight is 430 g/mol. The van der Waals surface area contributed by atoms with Crippen LogP contribution in [0.5, 0.6) is 0 Å². The van der Waals surface area contributed by atoms with Crippen molar-refractivity contribution in [3.8, 4) is 0 Å². The van der Waals surface area contributed by atoms with Gasteiger partial charge in [-0.15, -0.1) is 0 Å². The fraction of sp³-hybridized carbons (Fsp3) is 0.640. The fourth-order valence-electron chi connectivity index (χ4n) is 5.18. The molecule has 1 saturated heterocycles. The van der Waals surface area contributed by atoms with Crippen LogP contribution in [0.25, 0.3) is 0 Å². The molecule has 1 amide bonds. The number of nitrogens with zero attached hydrogens (tertiary/aromatic N) is 1. The lowest BCUT2D eigenvalue weighted by molar-refractivity contribution is -0.159. The number of hydrogen-bond donors (Lipinski definition) is 0. The summed E-state index contributed by atoms with van der Waals surface area (Å²) in [5.74, 6) is -1.64. The van der Waals surface area contributed by atoms with Crippen LogP contribution in [0.2, 0.25) is 0 Å². The predicted octanol–water partition coefficient (Wildman–Crippen LogP) is 3.94. The Kier molecular flexibility index (Phi) is 7.20. The smallest absolute Gasteiger partial charge is 0.329 e. The van der Waals surface area contributed by atoms with Crippen LogP contribution in [0.1, 0.15) is 65.0 Å². The summed E-state index contributed by atoms with van der Waals surface area (Å²) < 4.78 is 10.9. The van der Waals surface area contributed by atoms with Crippen molar-refractivity contribution in [2.45, 2.75) is 71.6 Å². The van der Waals surface area contributed by atoms with Crippen LogP contribution in [0, 0.1) is 17.3 Å². The van der Waals surface area contributed by atoms with Crippen molar-refractivity contribution in [3.63, 3.8) is 0 Å². The standard InChI is InChI=1S/C25H35NO5/c1-6-31-24(29)21-19(25(2,3)4)22(27)20(16-11-8-7-9-12-16)26(21)23(28)17-13-10-14-18(15-17)30-5/h7-9,11-12,17-21H,6,10,13-15H2,1-5H3/t17-,18-,19-,20+,21+/m1/s1. The highest BCUT2D eigenvalue weighted by atomic mass is 16.5. The van der Waals surface area contributed by atoms with Gasteiger partial charge in [0.25, 0.3) is 0 Å². The van der Waals surface area contributed by atoms with Gasteiger partial charge in [0, 0.05) is 13.0 Å². The minimum atomic E-state index is -0.923.